The van der Waals surface area contributed by atoms with E-state index >= 15 is 0 Å². The van der Waals surface area contributed by atoms with Crippen molar-refractivity contribution in [3.05, 3.63) is 35.6 Å². The van der Waals surface area contributed by atoms with Crippen molar-refractivity contribution in [3.8, 4) is 0 Å². The van der Waals surface area contributed by atoms with Crippen LogP contribution in [0.3, 0.4) is 0 Å². The molecule has 0 aliphatic carbocycles. The molecule has 0 aromatic rings. The molecule has 0 saturated heterocycles. The lowest BCUT2D eigenvalue weighted by Gasteiger charge is -1.96. The number of aliphatic imine (C=N–C) groups is 1. The molecule has 0 aliphatic heterocycles. The average molecular weight is 177 g/mol. The van der Waals surface area contributed by atoms with Crippen LogP contribution >= 0.6 is 0 Å². The van der Waals surface area contributed by atoms with Crippen molar-refractivity contribution in [1.29, 1.82) is 0 Å². The Balaban J connectivity index is 4.50. The van der Waals surface area contributed by atoms with Crippen LogP contribution in [0, 0.1) is 0 Å². The molecule has 0 fully saturated rings. The highest BCUT2D eigenvalue weighted by Crippen LogP contribution is 2.02. The van der Waals surface area contributed by atoms with Gasteiger partial charge in [0.25, 0.3) is 0 Å². The SMILES string of the molecule is C=C(C=C(C)C)N=C(C)C=C(C)C. The van der Waals surface area contributed by atoms with Gasteiger partial charge in [-0.15, -0.1) is 0 Å². The van der Waals surface area contributed by atoms with Crippen LogP contribution < -0.4 is 0 Å². The second-order valence-corrected chi connectivity index (χ2v) is 3.69. The first-order valence-electron chi connectivity index (χ1n) is 4.46. The second-order valence-electron chi connectivity index (χ2n) is 3.69. The summed E-state index contributed by atoms with van der Waals surface area (Å²) >= 11 is 0. The van der Waals surface area contributed by atoms with Crippen molar-refractivity contribution < 1.29 is 0 Å². The molecule has 13 heavy (non-hydrogen) atoms. The zero-order valence-electron chi connectivity index (χ0n) is 9.31. The maximum atomic E-state index is 4.33. The van der Waals surface area contributed by atoms with Gasteiger partial charge in [-0.2, -0.15) is 0 Å². The first-order chi connectivity index (χ1) is 5.91. The van der Waals surface area contributed by atoms with Crippen molar-refractivity contribution in [2.24, 2.45) is 4.99 Å². The van der Waals surface area contributed by atoms with Crippen LogP contribution in [-0.4, -0.2) is 5.71 Å². The van der Waals surface area contributed by atoms with Crippen LogP contribution in [0.2, 0.25) is 0 Å². The van der Waals surface area contributed by atoms with E-state index in [1.54, 1.807) is 0 Å². The topological polar surface area (TPSA) is 12.4 Å². The standard InChI is InChI=1S/C12H19N/c1-9(2)7-11(5)13-12(6)8-10(3)4/h7-8H,5H2,1-4,6H3. The summed E-state index contributed by atoms with van der Waals surface area (Å²) in [4.78, 5) is 4.33. The predicted octanol–water partition coefficient (Wildman–Crippen LogP) is 3.89. The highest BCUT2D eigenvalue weighted by atomic mass is 14.7. The van der Waals surface area contributed by atoms with E-state index in [1.807, 2.05) is 32.9 Å². The smallest absolute Gasteiger partial charge is 0.0560 e. The zero-order chi connectivity index (χ0) is 10.4. The Morgan fingerprint density at radius 3 is 1.77 bits per heavy atom. The van der Waals surface area contributed by atoms with Gasteiger partial charge in [0.2, 0.25) is 0 Å². The molecule has 1 heteroatoms. The van der Waals surface area contributed by atoms with Crippen LogP contribution in [0.4, 0.5) is 0 Å². The molecule has 0 spiro atoms. The molecule has 0 amide bonds. The Bertz CT molecular complexity index is 269. The van der Waals surface area contributed by atoms with Crippen molar-refractivity contribution in [2.45, 2.75) is 34.6 Å². The maximum absolute atomic E-state index is 4.33. The Morgan fingerprint density at radius 2 is 1.38 bits per heavy atom. The lowest BCUT2D eigenvalue weighted by molar-refractivity contribution is 1.32. The summed E-state index contributed by atoms with van der Waals surface area (Å²) < 4.78 is 0. The van der Waals surface area contributed by atoms with Crippen LogP contribution in [0.5, 0.6) is 0 Å². The fourth-order valence-electron chi connectivity index (χ4n) is 1.04. The molecular weight excluding hydrogens is 158 g/mol. The molecule has 0 aromatic heterocycles. The largest absolute Gasteiger partial charge is 0.254 e. The van der Waals surface area contributed by atoms with Gasteiger partial charge in [-0.1, -0.05) is 17.7 Å². The molecule has 0 bridgehead atoms. The van der Waals surface area contributed by atoms with Crippen molar-refractivity contribution in [2.75, 3.05) is 0 Å². The summed E-state index contributed by atoms with van der Waals surface area (Å²) in [5, 5.41) is 0. The summed E-state index contributed by atoms with van der Waals surface area (Å²) in [6.07, 6.45) is 4.02. The monoisotopic (exact) mass is 177 g/mol. The molecule has 0 rings (SSSR count). The average Bonchev–Trinajstić information content (AvgIpc) is 1.80. The Labute approximate surface area is 81.6 Å². The van der Waals surface area contributed by atoms with E-state index in [0.29, 0.717) is 0 Å². The van der Waals surface area contributed by atoms with Gasteiger partial charge >= 0.3 is 0 Å². The molecule has 0 aromatic carbocycles. The van der Waals surface area contributed by atoms with Crippen molar-refractivity contribution in [3.63, 3.8) is 0 Å². The second kappa shape index (κ2) is 5.52. The predicted molar refractivity (Wildman–Crippen MR) is 61.1 cm³/mol. The van der Waals surface area contributed by atoms with Gasteiger partial charge in [0, 0.05) is 5.71 Å². The van der Waals surface area contributed by atoms with Gasteiger partial charge < -0.3 is 0 Å². The normalized spacial score (nSPS) is 10.7. The molecule has 0 heterocycles. The molecular formula is C12H19N. The van der Waals surface area contributed by atoms with E-state index in [0.717, 1.165) is 11.4 Å². The van der Waals surface area contributed by atoms with Gasteiger partial charge in [-0.25, -0.2) is 0 Å². The number of hydrogen-bond donors (Lipinski definition) is 0. The Hall–Kier alpha value is -1.11. The van der Waals surface area contributed by atoms with Crippen LogP contribution in [-0.2, 0) is 0 Å². The van der Waals surface area contributed by atoms with E-state index in [4.69, 9.17) is 0 Å². The number of rotatable bonds is 3. The Kier molecular flexibility index (Phi) is 5.05. The highest BCUT2D eigenvalue weighted by molar-refractivity contribution is 5.94. The van der Waals surface area contributed by atoms with E-state index < -0.39 is 0 Å². The first-order valence-corrected chi connectivity index (χ1v) is 4.46. The van der Waals surface area contributed by atoms with E-state index in [1.165, 1.54) is 11.1 Å². The number of hydrogen-bond acceptors (Lipinski definition) is 1. The molecule has 0 atom stereocenters. The van der Waals surface area contributed by atoms with Crippen LogP contribution in [0.1, 0.15) is 34.6 Å². The number of nitrogens with zero attached hydrogens (tertiary/aromatic N) is 1. The fraction of sp³-hybridized carbons (Fsp3) is 0.417. The molecule has 0 radical (unpaired) electrons. The molecule has 72 valence electrons. The summed E-state index contributed by atoms with van der Waals surface area (Å²) in [5.74, 6) is 0. The van der Waals surface area contributed by atoms with Gasteiger partial charge in [0.1, 0.15) is 0 Å². The lowest BCUT2D eigenvalue weighted by atomic mass is 10.2. The fourth-order valence-corrected chi connectivity index (χ4v) is 1.04. The quantitative estimate of drug-likeness (QED) is 0.458. The van der Waals surface area contributed by atoms with E-state index in [9.17, 15) is 0 Å². The highest BCUT2D eigenvalue weighted by Gasteiger charge is 1.88. The van der Waals surface area contributed by atoms with E-state index in [-0.39, 0.29) is 0 Å². The van der Waals surface area contributed by atoms with Crippen LogP contribution in [0.15, 0.2) is 40.6 Å². The summed E-state index contributed by atoms with van der Waals surface area (Å²) in [6.45, 7) is 14.0. The van der Waals surface area contributed by atoms with Crippen LogP contribution in [0.25, 0.3) is 0 Å². The third-order valence-corrected chi connectivity index (χ3v) is 1.27. The van der Waals surface area contributed by atoms with E-state index in [2.05, 4.69) is 25.4 Å². The molecule has 1 nitrogen and oxygen atoms in total. The van der Waals surface area contributed by atoms with Gasteiger partial charge in [-0.05, 0) is 46.8 Å². The van der Waals surface area contributed by atoms with Gasteiger partial charge in [-0.3, -0.25) is 4.99 Å². The molecule has 0 saturated carbocycles. The molecule has 0 aliphatic rings. The van der Waals surface area contributed by atoms with Crippen molar-refractivity contribution in [1.82, 2.24) is 0 Å². The minimum atomic E-state index is 0.815. The summed E-state index contributed by atoms with van der Waals surface area (Å²) in [6, 6.07) is 0. The third-order valence-electron chi connectivity index (χ3n) is 1.27. The van der Waals surface area contributed by atoms with Gasteiger partial charge in [0.15, 0.2) is 0 Å². The lowest BCUT2D eigenvalue weighted by Crippen LogP contribution is -1.86. The maximum Gasteiger partial charge on any atom is 0.0560 e. The Morgan fingerprint density at radius 1 is 0.923 bits per heavy atom. The molecule has 0 unspecified atom stereocenters. The summed E-state index contributed by atoms with van der Waals surface area (Å²) in [7, 11) is 0. The first kappa shape index (κ1) is 11.9. The number of allylic oxidation sites excluding steroid dienone is 4. The van der Waals surface area contributed by atoms with Crippen molar-refractivity contribution >= 4 is 5.71 Å². The minimum Gasteiger partial charge on any atom is -0.254 e. The minimum absolute atomic E-state index is 0.815. The van der Waals surface area contributed by atoms with Gasteiger partial charge in [0.05, 0.1) is 5.70 Å². The molecule has 0 N–H and O–H groups in total. The zero-order valence-corrected chi connectivity index (χ0v) is 9.31. The third kappa shape index (κ3) is 7.26. The summed E-state index contributed by atoms with van der Waals surface area (Å²) in [5.41, 5.74) is 4.29.